The normalized spacial score (nSPS) is 20.1. The van der Waals surface area contributed by atoms with Crippen LogP contribution >= 0.6 is 0 Å². The molecule has 0 heterocycles. The Hall–Kier alpha value is -1.10. The number of carbonyl (C=O) groups is 2. The maximum Gasteiger partial charge on any atom is 0.242 e. The van der Waals surface area contributed by atoms with E-state index in [0.717, 1.165) is 0 Å². The molecule has 0 radical (unpaired) electrons. The Balaban J connectivity index is 2.37. The van der Waals surface area contributed by atoms with Crippen LogP contribution in [0.1, 0.15) is 46.0 Å². The van der Waals surface area contributed by atoms with E-state index in [2.05, 4.69) is 5.32 Å². The van der Waals surface area contributed by atoms with E-state index < -0.39 is 11.9 Å². The maximum absolute atomic E-state index is 11.3. The van der Waals surface area contributed by atoms with Gasteiger partial charge in [0.15, 0.2) is 0 Å². The molecule has 104 valence electrons. The molecule has 1 rings (SSSR count). The van der Waals surface area contributed by atoms with Gasteiger partial charge in [0.05, 0.1) is 6.10 Å². The van der Waals surface area contributed by atoms with E-state index in [1.54, 1.807) is 6.92 Å². The minimum absolute atomic E-state index is 0.271. The first-order valence-corrected chi connectivity index (χ1v) is 6.68. The first-order chi connectivity index (χ1) is 8.50. The van der Waals surface area contributed by atoms with Crippen LogP contribution in [0.25, 0.3) is 0 Å². The average Bonchev–Trinajstić information content (AvgIpc) is 2.34. The quantitative estimate of drug-likeness (QED) is 0.742. The molecule has 5 heteroatoms. The van der Waals surface area contributed by atoms with Gasteiger partial charge in [-0.15, -0.1) is 0 Å². The molecule has 5 nitrogen and oxygen atoms in total. The van der Waals surface area contributed by atoms with Gasteiger partial charge in [-0.25, -0.2) is 0 Å². The zero-order chi connectivity index (χ0) is 13.5. The van der Waals surface area contributed by atoms with Crippen LogP contribution in [0, 0.1) is 5.92 Å². The predicted molar refractivity (Wildman–Crippen MR) is 68.8 cm³/mol. The second-order valence-electron chi connectivity index (χ2n) is 5.12. The Morgan fingerprint density at radius 3 is 2.44 bits per heavy atom. The standard InChI is InChI=1S/C13H24N2O3/c1-9(12(13(14)17)15-10(2)16)18-8-11-6-4-3-5-7-11/h9,11-12H,3-8H2,1-2H3,(H2,14,17)(H,15,16). The van der Waals surface area contributed by atoms with Crippen LogP contribution in [0.4, 0.5) is 0 Å². The highest BCUT2D eigenvalue weighted by atomic mass is 16.5. The third-order valence-electron chi connectivity index (χ3n) is 3.45. The molecule has 1 saturated carbocycles. The number of nitrogens with two attached hydrogens (primary N) is 1. The fraction of sp³-hybridized carbons (Fsp3) is 0.846. The van der Waals surface area contributed by atoms with Crippen LogP contribution in [0.5, 0.6) is 0 Å². The summed E-state index contributed by atoms with van der Waals surface area (Å²) in [7, 11) is 0. The topological polar surface area (TPSA) is 81.4 Å². The van der Waals surface area contributed by atoms with Crippen molar-refractivity contribution in [3.63, 3.8) is 0 Å². The van der Waals surface area contributed by atoms with Gasteiger partial charge in [0.1, 0.15) is 6.04 Å². The van der Waals surface area contributed by atoms with Gasteiger partial charge in [-0.1, -0.05) is 19.3 Å². The van der Waals surface area contributed by atoms with Crippen molar-refractivity contribution in [1.29, 1.82) is 0 Å². The van der Waals surface area contributed by atoms with Crippen LogP contribution in [0.2, 0.25) is 0 Å². The minimum atomic E-state index is -0.744. The molecule has 18 heavy (non-hydrogen) atoms. The van der Waals surface area contributed by atoms with E-state index in [1.807, 2.05) is 0 Å². The largest absolute Gasteiger partial charge is 0.376 e. The second kappa shape index (κ2) is 7.36. The van der Waals surface area contributed by atoms with Gasteiger partial charge in [0.2, 0.25) is 11.8 Å². The molecule has 2 amide bonds. The minimum Gasteiger partial charge on any atom is -0.376 e. The number of ether oxygens (including phenoxy) is 1. The summed E-state index contributed by atoms with van der Waals surface area (Å²) in [6.07, 6.45) is 5.82. The molecule has 0 aromatic carbocycles. The monoisotopic (exact) mass is 256 g/mol. The smallest absolute Gasteiger partial charge is 0.242 e. The summed E-state index contributed by atoms with van der Waals surface area (Å²) in [6.45, 7) is 3.78. The number of carbonyl (C=O) groups excluding carboxylic acids is 2. The summed E-state index contributed by atoms with van der Waals surface area (Å²) in [5, 5.41) is 2.53. The van der Waals surface area contributed by atoms with Crippen LogP contribution < -0.4 is 11.1 Å². The van der Waals surface area contributed by atoms with Crippen LogP contribution in [-0.4, -0.2) is 30.6 Å². The Labute approximate surface area is 108 Å². The third kappa shape index (κ3) is 5.04. The molecule has 1 aliphatic carbocycles. The lowest BCUT2D eigenvalue weighted by atomic mass is 9.90. The lowest BCUT2D eigenvalue weighted by Gasteiger charge is -2.26. The van der Waals surface area contributed by atoms with Crippen LogP contribution in [-0.2, 0) is 14.3 Å². The first-order valence-electron chi connectivity index (χ1n) is 6.68. The Morgan fingerprint density at radius 2 is 1.94 bits per heavy atom. The van der Waals surface area contributed by atoms with Crippen LogP contribution in [0.15, 0.2) is 0 Å². The van der Waals surface area contributed by atoms with Crippen molar-refractivity contribution < 1.29 is 14.3 Å². The number of hydrogen-bond acceptors (Lipinski definition) is 3. The molecule has 2 atom stereocenters. The summed E-state index contributed by atoms with van der Waals surface area (Å²) in [6, 6.07) is -0.744. The molecule has 0 saturated heterocycles. The maximum atomic E-state index is 11.3. The second-order valence-corrected chi connectivity index (χ2v) is 5.12. The van der Waals surface area contributed by atoms with Gasteiger partial charge in [0.25, 0.3) is 0 Å². The van der Waals surface area contributed by atoms with E-state index >= 15 is 0 Å². The van der Waals surface area contributed by atoms with Crippen LogP contribution in [0.3, 0.4) is 0 Å². The Bertz CT molecular complexity index is 288. The Kier molecular flexibility index (Phi) is 6.12. The number of rotatable bonds is 6. The summed E-state index contributed by atoms with van der Waals surface area (Å²) in [5.74, 6) is -0.250. The molecule has 0 aliphatic heterocycles. The van der Waals surface area contributed by atoms with Gasteiger partial charge in [-0.05, 0) is 25.7 Å². The van der Waals surface area contributed by atoms with Crippen molar-refractivity contribution >= 4 is 11.8 Å². The third-order valence-corrected chi connectivity index (χ3v) is 3.45. The molecule has 0 aromatic heterocycles. The van der Waals surface area contributed by atoms with Crippen molar-refractivity contribution in [1.82, 2.24) is 5.32 Å². The fourth-order valence-electron chi connectivity index (χ4n) is 2.38. The predicted octanol–water partition coefficient (Wildman–Crippen LogP) is 0.962. The van der Waals surface area contributed by atoms with E-state index in [9.17, 15) is 9.59 Å². The molecular weight excluding hydrogens is 232 g/mol. The van der Waals surface area contributed by atoms with Gasteiger partial charge < -0.3 is 15.8 Å². The zero-order valence-electron chi connectivity index (χ0n) is 11.3. The highest BCUT2D eigenvalue weighted by Crippen LogP contribution is 2.24. The highest BCUT2D eigenvalue weighted by molar-refractivity contribution is 5.86. The molecule has 2 unspecified atom stereocenters. The van der Waals surface area contributed by atoms with Crippen molar-refractivity contribution in [2.75, 3.05) is 6.61 Å². The van der Waals surface area contributed by atoms with Crippen molar-refractivity contribution in [2.24, 2.45) is 11.7 Å². The highest BCUT2D eigenvalue weighted by Gasteiger charge is 2.25. The molecule has 0 spiro atoms. The van der Waals surface area contributed by atoms with E-state index in [4.69, 9.17) is 10.5 Å². The van der Waals surface area contributed by atoms with Gasteiger partial charge in [0, 0.05) is 13.5 Å². The summed E-state index contributed by atoms with van der Waals surface area (Å²) in [4.78, 5) is 22.2. The number of hydrogen-bond donors (Lipinski definition) is 2. The summed E-state index contributed by atoms with van der Waals surface area (Å²) >= 11 is 0. The Morgan fingerprint density at radius 1 is 1.33 bits per heavy atom. The van der Waals surface area contributed by atoms with Gasteiger partial charge >= 0.3 is 0 Å². The van der Waals surface area contributed by atoms with E-state index in [1.165, 1.54) is 39.0 Å². The van der Waals surface area contributed by atoms with E-state index in [0.29, 0.717) is 12.5 Å². The SMILES string of the molecule is CC(=O)NC(C(N)=O)C(C)OCC1CCCCC1. The lowest BCUT2D eigenvalue weighted by Crippen LogP contribution is -2.51. The molecule has 3 N–H and O–H groups in total. The molecular formula is C13H24N2O3. The van der Waals surface area contributed by atoms with Gasteiger partial charge in [-0.2, -0.15) is 0 Å². The summed E-state index contributed by atoms with van der Waals surface area (Å²) < 4.78 is 5.69. The average molecular weight is 256 g/mol. The number of primary amides is 1. The zero-order valence-corrected chi connectivity index (χ0v) is 11.3. The summed E-state index contributed by atoms with van der Waals surface area (Å²) in [5.41, 5.74) is 5.26. The number of amides is 2. The first kappa shape index (κ1) is 15.0. The number of nitrogens with one attached hydrogen (secondary N) is 1. The lowest BCUT2D eigenvalue weighted by molar-refractivity contribution is -0.130. The van der Waals surface area contributed by atoms with E-state index in [-0.39, 0.29) is 12.0 Å². The fourth-order valence-corrected chi connectivity index (χ4v) is 2.38. The molecule has 0 aromatic rings. The van der Waals surface area contributed by atoms with Gasteiger partial charge in [-0.3, -0.25) is 9.59 Å². The molecule has 1 fully saturated rings. The molecule has 0 bridgehead atoms. The van der Waals surface area contributed by atoms with Crippen molar-refractivity contribution in [3.05, 3.63) is 0 Å². The van der Waals surface area contributed by atoms with Crippen molar-refractivity contribution in [2.45, 2.75) is 58.1 Å². The van der Waals surface area contributed by atoms with Crippen molar-refractivity contribution in [3.8, 4) is 0 Å². The molecule has 1 aliphatic rings.